The lowest BCUT2D eigenvalue weighted by atomic mass is 10.1. The molecule has 2 aromatic carbocycles. The summed E-state index contributed by atoms with van der Waals surface area (Å²) >= 11 is 0. The van der Waals surface area contributed by atoms with Crippen LogP contribution < -0.4 is 5.73 Å². The van der Waals surface area contributed by atoms with Crippen LogP contribution >= 0.6 is 0 Å². The summed E-state index contributed by atoms with van der Waals surface area (Å²) in [6.45, 7) is 0.638. The lowest BCUT2D eigenvalue weighted by molar-refractivity contribution is 0.628. The summed E-state index contributed by atoms with van der Waals surface area (Å²) in [5.74, 6) is 0.549. The number of anilines is 1. The van der Waals surface area contributed by atoms with Crippen molar-refractivity contribution in [3.8, 4) is 11.4 Å². The van der Waals surface area contributed by atoms with Crippen molar-refractivity contribution in [3.05, 3.63) is 72.3 Å². The fourth-order valence-electron chi connectivity index (χ4n) is 2.16. The lowest BCUT2D eigenvalue weighted by Crippen LogP contribution is -2.03. The Hall–Kier alpha value is -2.62. The highest BCUT2D eigenvalue weighted by molar-refractivity contribution is 5.56. The molecule has 0 unspecified atom stereocenters. The highest BCUT2D eigenvalue weighted by Crippen LogP contribution is 2.20. The quantitative estimate of drug-likeness (QED) is 0.740. The Kier molecular flexibility index (Phi) is 3.21. The number of aromatic nitrogens is 2. The van der Waals surface area contributed by atoms with E-state index in [-0.39, 0.29) is 5.82 Å². The highest BCUT2D eigenvalue weighted by atomic mass is 19.1. The monoisotopic (exact) mass is 267 g/mol. The smallest absolute Gasteiger partial charge is 0.140 e. The van der Waals surface area contributed by atoms with Gasteiger partial charge in [-0.05, 0) is 35.9 Å². The number of para-hydroxylation sites is 1. The number of hydrogen-bond donors (Lipinski definition) is 1. The number of nitrogens with zero attached hydrogens (tertiary/aromatic N) is 2. The van der Waals surface area contributed by atoms with Crippen molar-refractivity contribution in [3.63, 3.8) is 0 Å². The average Bonchev–Trinajstić information content (AvgIpc) is 2.90. The molecule has 0 amide bonds. The first-order valence-electron chi connectivity index (χ1n) is 6.34. The summed E-state index contributed by atoms with van der Waals surface area (Å²) in [6, 6.07) is 14.1. The van der Waals surface area contributed by atoms with Crippen LogP contribution in [0.25, 0.3) is 11.4 Å². The molecular weight excluding hydrogens is 253 g/mol. The molecule has 4 heteroatoms. The summed E-state index contributed by atoms with van der Waals surface area (Å²) in [7, 11) is 0. The fourth-order valence-corrected chi connectivity index (χ4v) is 2.16. The molecule has 100 valence electrons. The molecule has 0 saturated heterocycles. The van der Waals surface area contributed by atoms with Crippen LogP contribution in [0.2, 0.25) is 0 Å². The molecule has 0 aliphatic carbocycles. The van der Waals surface area contributed by atoms with Crippen LogP contribution in [0.4, 0.5) is 10.1 Å². The van der Waals surface area contributed by atoms with E-state index in [0.29, 0.717) is 6.54 Å². The molecule has 0 saturated carbocycles. The largest absolute Gasteiger partial charge is 0.398 e. The standard InChI is InChI=1S/C16H14FN3/c17-14-7-5-12(6-8-14)16-19-9-10-20(16)11-13-3-1-2-4-15(13)18/h1-10H,11,18H2. The first-order chi connectivity index (χ1) is 9.74. The zero-order valence-electron chi connectivity index (χ0n) is 10.8. The minimum atomic E-state index is -0.251. The number of halogens is 1. The van der Waals surface area contributed by atoms with Gasteiger partial charge in [0, 0.05) is 23.6 Å². The van der Waals surface area contributed by atoms with Gasteiger partial charge < -0.3 is 10.3 Å². The molecule has 0 fully saturated rings. The van der Waals surface area contributed by atoms with Crippen LogP contribution in [-0.2, 0) is 6.54 Å². The Labute approximate surface area is 116 Å². The van der Waals surface area contributed by atoms with E-state index < -0.39 is 0 Å². The zero-order valence-corrected chi connectivity index (χ0v) is 10.8. The van der Waals surface area contributed by atoms with Crippen molar-refractivity contribution in [1.29, 1.82) is 0 Å². The summed E-state index contributed by atoms with van der Waals surface area (Å²) in [6.07, 6.45) is 3.63. The van der Waals surface area contributed by atoms with Crippen molar-refractivity contribution >= 4 is 5.69 Å². The minimum Gasteiger partial charge on any atom is -0.398 e. The van der Waals surface area contributed by atoms with E-state index in [2.05, 4.69) is 4.98 Å². The topological polar surface area (TPSA) is 43.8 Å². The molecule has 1 heterocycles. The summed E-state index contributed by atoms with van der Waals surface area (Å²) in [5.41, 5.74) is 8.63. The van der Waals surface area contributed by atoms with Crippen molar-refractivity contribution in [2.45, 2.75) is 6.54 Å². The molecule has 0 radical (unpaired) electrons. The minimum absolute atomic E-state index is 0.251. The normalized spacial score (nSPS) is 10.7. The fraction of sp³-hybridized carbons (Fsp3) is 0.0625. The van der Waals surface area contributed by atoms with Gasteiger partial charge in [-0.3, -0.25) is 0 Å². The van der Waals surface area contributed by atoms with E-state index in [4.69, 9.17) is 5.73 Å². The second-order valence-electron chi connectivity index (χ2n) is 4.58. The van der Waals surface area contributed by atoms with Crippen molar-refractivity contribution in [1.82, 2.24) is 9.55 Å². The SMILES string of the molecule is Nc1ccccc1Cn1ccnc1-c1ccc(F)cc1. The number of rotatable bonds is 3. The number of imidazole rings is 1. The highest BCUT2D eigenvalue weighted by Gasteiger charge is 2.07. The molecule has 0 bridgehead atoms. The van der Waals surface area contributed by atoms with Crippen molar-refractivity contribution in [2.75, 3.05) is 5.73 Å². The van der Waals surface area contributed by atoms with E-state index in [1.54, 1.807) is 18.3 Å². The Bertz CT molecular complexity index is 717. The molecule has 3 rings (SSSR count). The van der Waals surface area contributed by atoms with Gasteiger partial charge in [0.15, 0.2) is 0 Å². The molecule has 1 aromatic heterocycles. The van der Waals surface area contributed by atoms with Crippen LogP contribution in [0.3, 0.4) is 0 Å². The summed E-state index contributed by atoms with van der Waals surface area (Å²) in [5, 5.41) is 0. The van der Waals surface area contributed by atoms with Gasteiger partial charge in [0.25, 0.3) is 0 Å². The Morgan fingerprint density at radius 2 is 1.80 bits per heavy atom. The number of nitrogens with two attached hydrogens (primary N) is 1. The van der Waals surface area contributed by atoms with Crippen molar-refractivity contribution in [2.24, 2.45) is 0 Å². The maximum absolute atomic E-state index is 13.0. The van der Waals surface area contributed by atoms with Gasteiger partial charge >= 0.3 is 0 Å². The summed E-state index contributed by atoms with van der Waals surface area (Å²) in [4.78, 5) is 4.34. The molecule has 3 nitrogen and oxygen atoms in total. The second-order valence-corrected chi connectivity index (χ2v) is 4.58. The number of nitrogen functional groups attached to an aromatic ring is 1. The van der Waals surface area contributed by atoms with Gasteiger partial charge in [-0.25, -0.2) is 9.37 Å². The molecule has 0 spiro atoms. The molecule has 20 heavy (non-hydrogen) atoms. The maximum atomic E-state index is 13.0. The van der Waals surface area contributed by atoms with Crippen molar-refractivity contribution < 1.29 is 4.39 Å². The third-order valence-electron chi connectivity index (χ3n) is 3.21. The number of benzene rings is 2. The van der Waals surface area contributed by atoms with Gasteiger partial charge in [-0.1, -0.05) is 18.2 Å². The van der Waals surface area contributed by atoms with Gasteiger partial charge in [0.05, 0.1) is 6.54 Å². The van der Waals surface area contributed by atoms with E-state index in [0.717, 1.165) is 22.6 Å². The first-order valence-corrected chi connectivity index (χ1v) is 6.34. The van der Waals surface area contributed by atoms with Gasteiger partial charge in [-0.15, -0.1) is 0 Å². The van der Waals surface area contributed by atoms with E-state index in [1.807, 2.05) is 35.0 Å². The molecule has 2 N–H and O–H groups in total. The van der Waals surface area contributed by atoms with Gasteiger partial charge in [-0.2, -0.15) is 0 Å². The predicted molar refractivity (Wildman–Crippen MR) is 77.6 cm³/mol. The predicted octanol–water partition coefficient (Wildman–Crippen LogP) is 3.32. The Balaban J connectivity index is 1.95. The molecule has 0 atom stereocenters. The summed E-state index contributed by atoms with van der Waals surface area (Å²) < 4.78 is 15.0. The molecule has 0 aliphatic rings. The second kappa shape index (κ2) is 5.17. The molecular formula is C16H14FN3. The van der Waals surface area contributed by atoms with Crippen LogP contribution in [-0.4, -0.2) is 9.55 Å². The van der Waals surface area contributed by atoms with Crippen LogP contribution in [0, 0.1) is 5.82 Å². The van der Waals surface area contributed by atoms with Gasteiger partial charge in [0.1, 0.15) is 11.6 Å². The zero-order chi connectivity index (χ0) is 13.9. The van der Waals surface area contributed by atoms with E-state index in [1.165, 1.54) is 12.1 Å². The van der Waals surface area contributed by atoms with Crippen LogP contribution in [0.15, 0.2) is 60.9 Å². The average molecular weight is 267 g/mol. The van der Waals surface area contributed by atoms with Gasteiger partial charge in [0.2, 0.25) is 0 Å². The molecule has 3 aromatic rings. The van der Waals surface area contributed by atoms with Crippen LogP contribution in [0.5, 0.6) is 0 Å². The third kappa shape index (κ3) is 2.40. The molecule has 0 aliphatic heterocycles. The van der Waals surface area contributed by atoms with E-state index in [9.17, 15) is 4.39 Å². The van der Waals surface area contributed by atoms with E-state index >= 15 is 0 Å². The first kappa shape index (κ1) is 12.4. The third-order valence-corrected chi connectivity index (χ3v) is 3.21. The van der Waals surface area contributed by atoms with Crippen LogP contribution in [0.1, 0.15) is 5.56 Å². The number of hydrogen-bond acceptors (Lipinski definition) is 2. The maximum Gasteiger partial charge on any atom is 0.140 e. The lowest BCUT2D eigenvalue weighted by Gasteiger charge is -2.10. The Morgan fingerprint density at radius 3 is 2.55 bits per heavy atom. The Morgan fingerprint density at radius 1 is 1.05 bits per heavy atom.